The van der Waals surface area contributed by atoms with Gasteiger partial charge in [-0.05, 0) is 12.1 Å². The third kappa shape index (κ3) is 2.62. The van der Waals surface area contributed by atoms with Crippen LogP contribution in [0.5, 0.6) is 11.5 Å². The average molecular weight is 249 g/mol. The highest BCUT2D eigenvalue weighted by Crippen LogP contribution is 2.34. The van der Waals surface area contributed by atoms with Gasteiger partial charge in [-0.25, -0.2) is 0 Å². The number of ether oxygens (including phenoxy) is 2. The Balaban J connectivity index is 1.97. The van der Waals surface area contributed by atoms with Gasteiger partial charge in [0.15, 0.2) is 23.4 Å². The highest BCUT2D eigenvalue weighted by molar-refractivity contribution is 6.02. The highest BCUT2D eigenvalue weighted by Gasteiger charge is 2.13. The molecule has 2 rings (SSSR count). The lowest BCUT2D eigenvalue weighted by Gasteiger charge is -2.16. The van der Waals surface area contributed by atoms with Gasteiger partial charge in [-0.3, -0.25) is 16.1 Å². The number of fused-ring (bicyclic) bond motifs is 1. The van der Waals surface area contributed by atoms with E-state index in [1.807, 2.05) is 0 Å². The molecule has 4 N–H and O–H groups in total. The number of anilines is 1. The van der Waals surface area contributed by atoms with Gasteiger partial charge in [0.05, 0.1) is 0 Å². The summed E-state index contributed by atoms with van der Waals surface area (Å²) in [7, 11) is 3.45. The minimum atomic E-state index is 0.0209. The second-order valence-electron chi connectivity index (χ2n) is 3.94. The Bertz CT molecular complexity index is 486. The second kappa shape index (κ2) is 4.82. The number of hydrogen-bond donors (Lipinski definition) is 4. The molecular weight excluding hydrogens is 234 g/mol. The van der Waals surface area contributed by atoms with Gasteiger partial charge in [-0.15, -0.1) is 0 Å². The molecule has 0 fully saturated rings. The van der Waals surface area contributed by atoms with Crippen molar-refractivity contribution in [2.75, 3.05) is 26.2 Å². The van der Waals surface area contributed by atoms with Crippen molar-refractivity contribution in [3.05, 3.63) is 18.2 Å². The maximum absolute atomic E-state index is 7.68. The molecule has 0 unspecified atom stereocenters. The molecule has 0 bridgehead atoms. The lowest BCUT2D eigenvalue weighted by molar-refractivity contribution is 0.174. The van der Waals surface area contributed by atoms with Gasteiger partial charge >= 0.3 is 0 Å². The van der Waals surface area contributed by atoms with Crippen LogP contribution in [0.1, 0.15) is 0 Å². The molecule has 0 radical (unpaired) electrons. The van der Waals surface area contributed by atoms with E-state index in [-0.39, 0.29) is 18.7 Å². The fraction of sp³-hybridized carbons (Fsp3) is 0.273. The fourth-order valence-corrected chi connectivity index (χ4v) is 1.38. The highest BCUT2D eigenvalue weighted by atomic mass is 16.7. The molecule has 7 heteroatoms. The van der Waals surface area contributed by atoms with E-state index in [4.69, 9.17) is 20.3 Å². The van der Waals surface area contributed by atoms with Crippen LogP contribution in [0.2, 0.25) is 0 Å². The van der Waals surface area contributed by atoms with Crippen LogP contribution >= 0.6 is 0 Å². The first-order chi connectivity index (χ1) is 8.56. The van der Waals surface area contributed by atoms with Crippen molar-refractivity contribution in [3.8, 4) is 11.5 Å². The third-order valence-corrected chi connectivity index (χ3v) is 2.33. The number of guanidine groups is 2. The SMILES string of the molecule is CN(C)C(=N)NC(=N)Nc1ccc2c(c1)OCO2. The van der Waals surface area contributed by atoms with Gasteiger partial charge in [0.2, 0.25) is 6.79 Å². The Labute approximate surface area is 105 Å². The standard InChI is InChI=1S/C11H15N5O2/c1-16(2)11(13)15-10(12)14-7-3-4-8-9(5-7)18-6-17-8/h3-5H,6H2,1-2H3,(H4,12,13,14,15). The summed E-state index contributed by atoms with van der Waals surface area (Å²) in [5, 5.41) is 20.7. The molecule has 0 spiro atoms. The van der Waals surface area contributed by atoms with Crippen LogP contribution < -0.4 is 20.1 Å². The molecule has 0 atom stereocenters. The number of nitrogens with one attached hydrogen (secondary N) is 4. The first kappa shape index (κ1) is 12.0. The van der Waals surface area contributed by atoms with Crippen molar-refractivity contribution in [2.24, 2.45) is 0 Å². The van der Waals surface area contributed by atoms with Gasteiger partial charge in [-0.2, -0.15) is 0 Å². The van der Waals surface area contributed by atoms with E-state index in [0.29, 0.717) is 17.2 Å². The predicted molar refractivity (Wildman–Crippen MR) is 68.5 cm³/mol. The summed E-state index contributed by atoms with van der Waals surface area (Å²) in [6.07, 6.45) is 0. The maximum atomic E-state index is 7.68. The Morgan fingerprint density at radius 3 is 2.67 bits per heavy atom. The molecule has 1 aromatic carbocycles. The molecule has 1 heterocycles. The molecule has 7 nitrogen and oxygen atoms in total. The van der Waals surface area contributed by atoms with Crippen LogP contribution in [-0.4, -0.2) is 37.7 Å². The van der Waals surface area contributed by atoms with Gasteiger partial charge in [0, 0.05) is 25.8 Å². The summed E-state index contributed by atoms with van der Waals surface area (Å²) in [5.41, 5.74) is 0.698. The van der Waals surface area contributed by atoms with Crippen LogP contribution in [-0.2, 0) is 0 Å². The molecule has 18 heavy (non-hydrogen) atoms. The van der Waals surface area contributed by atoms with Crippen molar-refractivity contribution >= 4 is 17.6 Å². The quantitative estimate of drug-likeness (QED) is 0.437. The summed E-state index contributed by atoms with van der Waals surface area (Å²) in [4.78, 5) is 1.57. The van der Waals surface area contributed by atoms with E-state index < -0.39 is 0 Å². The first-order valence-corrected chi connectivity index (χ1v) is 5.34. The monoisotopic (exact) mass is 249 g/mol. The van der Waals surface area contributed by atoms with E-state index in [1.165, 1.54) is 0 Å². The molecule has 1 aromatic rings. The lowest BCUT2D eigenvalue weighted by atomic mass is 10.3. The molecule has 0 saturated heterocycles. The average Bonchev–Trinajstić information content (AvgIpc) is 2.75. The topological polar surface area (TPSA) is 93.5 Å². The zero-order valence-corrected chi connectivity index (χ0v) is 10.2. The maximum Gasteiger partial charge on any atom is 0.231 e. The lowest BCUT2D eigenvalue weighted by Crippen LogP contribution is -2.42. The Morgan fingerprint density at radius 2 is 1.94 bits per heavy atom. The number of rotatable bonds is 1. The Kier molecular flexibility index (Phi) is 3.22. The Hall–Kier alpha value is -2.44. The molecule has 0 saturated carbocycles. The minimum absolute atomic E-state index is 0.0209. The van der Waals surface area contributed by atoms with Crippen molar-refractivity contribution in [3.63, 3.8) is 0 Å². The zero-order chi connectivity index (χ0) is 13.1. The van der Waals surface area contributed by atoms with Crippen molar-refractivity contribution < 1.29 is 9.47 Å². The third-order valence-electron chi connectivity index (χ3n) is 2.33. The Morgan fingerprint density at radius 1 is 1.22 bits per heavy atom. The second-order valence-corrected chi connectivity index (χ2v) is 3.94. The largest absolute Gasteiger partial charge is 0.454 e. The van der Waals surface area contributed by atoms with Gasteiger partial charge in [0.25, 0.3) is 0 Å². The minimum Gasteiger partial charge on any atom is -0.454 e. The molecule has 96 valence electrons. The molecule has 1 aliphatic rings. The zero-order valence-electron chi connectivity index (χ0n) is 10.2. The molecule has 0 aromatic heterocycles. The molecular formula is C11H15N5O2. The predicted octanol–water partition coefficient (Wildman–Crippen LogP) is 0.848. The summed E-state index contributed by atoms with van der Waals surface area (Å²) in [6.45, 7) is 0.222. The number of benzene rings is 1. The molecule has 1 aliphatic heterocycles. The van der Waals surface area contributed by atoms with Crippen LogP contribution in [0.25, 0.3) is 0 Å². The number of hydrogen-bond acceptors (Lipinski definition) is 4. The smallest absolute Gasteiger partial charge is 0.231 e. The summed E-state index contributed by atoms with van der Waals surface area (Å²) >= 11 is 0. The van der Waals surface area contributed by atoms with E-state index in [2.05, 4.69) is 10.6 Å². The van der Waals surface area contributed by atoms with Crippen LogP contribution in [0, 0.1) is 10.8 Å². The van der Waals surface area contributed by atoms with E-state index >= 15 is 0 Å². The van der Waals surface area contributed by atoms with Crippen LogP contribution in [0.15, 0.2) is 18.2 Å². The van der Waals surface area contributed by atoms with Crippen molar-refractivity contribution in [1.29, 1.82) is 10.8 Å². The summed E-state index contributed by atoms with van der Waals surface area (Å²) < 4.78 is 10.4. The van der Waals surface area contributed by atoms with Crippen LogP contribution in [0.4, 0.5) is 5.69 Å². The van der Waals surface area contributed by atoms with Gasteiger partial charge in [0.1, 0.15) is 0 Å². The van der Waals surface area contributed by atoms with Gasteiger partial charge in [-0.1, -0.05) is 0 Å². The molecule has 0 aliphatic carbocycles. The van der Waals surface area contributed by atoms with E-state index in [0.717, 1.165) is 0 Å². The van der Waals surface area contributed by atoms with E-state index in [1.54, 1.807) is 37.2 Å². The van der Waals surface area contributed by atoms with Crippen molar-refractivity contribution in [2.45, 2.75) is 0 Å². The fourth-order valence-electron chi connectivity index (χ4n) is 1.38. The summed E-state index contributed by atoms with van der Waals surface area (Å²) in [6, 6.07) is 5.30. The van der Waals surface area contributed by atoms with Crippen LogP contribution in [0.3, 0.4) is 0 Å². The normalized spacial score (nSPS) is 11.9. The first-order valence-electron chi connectivity index (χ1n) is 5.34. The van der Waals surface area contributed by atoms with E-state index in [9.17, 15) is 0 Å². The number of nitrogens with zero attached hydrogens (tertiary/aromatic N) is 1. The molecule has 0 amide bonds. The van der Waals surface area contributed by atoms with Gasteiger partial charge < -0.3 is 19.7 Å². The van der Waals surface area contributed by atoms with Crippen molar-refractivity contribution in [1.82, 2.24) is 10.2 Å². The summed E-state index contributed by atoms with van der Waals surface area (Å²) in [5.74, 6) is 1.50.